The van der Waals surface area contributed by atoms with Crippen LogP contribution in [0.15, 0.2) is 77.7 Å². The van der Waals surface area contributed by atoms with E-state index in [4.69, 9.17) is 19.2 Å². The van der Waals surface area contributed by atoms with Crippen LogP contribution in [-0.2, 0) is 24.4 Å². The third kappa shape index (κ3) is 10.6. The first kappa shape index (κ1) is 36.1. The van der Waals surface area contributed by atoms with Crippen LogP contribution < -0.4 is 15.5 Å². The van der Waals surface area contributed by atoms with E-state index in [1.807, 2.05) is 31.2 Å². The molecule has 1 unspecified atom stereocenters. The number of rotatable bonds is 11. The Morgan fingerprint density at radius 1 is 0.935 bits per heavy atom. The first-order chi connectivity index (χ1) is 21.9. The van der Waals surface area contributed by atoms with Crippen LogP contribution in [-0.4, -0.2) is 105 Å². The molecule has 14 heteroatoms. The summed E-state index contributed by atoms with van der Waals surface area (Å²) in [5, 5.41) is 11.2. The lowest BCUT2D eigenvalue weighted by atomic mass is 10.0. The maximum Gasteiger partial charge on any atom is 0.294 e. The summed E-state index contributed by atoms with van der Waals surface area (Å²) in [6, 6.07) is 19.1. The van der Waals surface area contributed by atoms with Crippen LogP contribution in [0.4, 0.5) is 0 Å². The maximum absolute atomic E-state index is 12.8. The van der Waals surface area contributed by atoms with E-state index in [9.17, 15) is 22.8 Å². The largest absolute Gasteiger partial charge is 0.494 e. The molecule has 3 amide bonds. The second-order valence-electron chi connectivity index (χ2n) is 10.5. The molecule has 1 aliphatic rings. The minimum Gasteiger partial charge on any atom is -0.494 e. The highest BCUT2D eigenvalue weighted by atomic mass is 32.2. The summed E-state index contributed by atoms with van der Waals surface area (Å²) in [5.74, 6) is -1.45. The number of nitrogens with one attached hydrogen (secondary N) is 2. The Morgan fingerprint density at radius 3 is 2.02 bits per heavy atom. The molecule has 0 spiro atoms. The van der Waals surface area contributed by atoms with Crippen molar-refractivity contribution in [3.05, 3.63) is 83.9 Å². The van der Waals surface area contributed by atoms with Gasteiger partial charge in [0, 0.05) is 39.3 Å². The van der Waals surface area contributed by atoms with Crippen LogP contribution in [0, 0.1) is 6.92 Å². The topological polar surface area (TPSA) is 175 Å². The fourth-order valence-electron chi connectivity index (χ4n) is 4.55. The van der Waals surface area contributed by atoms with Crippen LogP contribution in [0.25, 0.3) is 11.1 Å². The molecule has 0 radical (unpaired) electrons. The van der Waals surface area contributed by atoms with Gasteiger partial charge in [-0.2, -0.15) is 8.42 Å². The van der Waals surface area contributed by atoms with Crippen LogP contribution >= 0.6 is 0 Å². The molecular formula is C32H40N4O9S. The maximum atomic E-state index is 12.8. The molecule has 4 N–H and O–H groups in total. The van der Waals surface area contributed by atoms with Crippen molar-refractivity contribution >= 4 is 27.8 Å². The zero-order chi connectivity index (χ0) is 33.7. The number of likely N-dealkylation sites (N-methyl/N-ethyl adjacent to an activating group) is 2. The van der Waals surface area contributed by atoms with Crippen LogP contribution in [0.1, 0.15) is 22.3 Å². The van der Waals surface area contributed by atoms with Gasteiger partial charge in [-0.3, -0.25) is 29.0 Å². The summed E-state index contributed by atoms with van der Waals surface area (Å²) in [7, 11) is -1.35. The van der Waals surface area contributed by atoms with E-state index in [1.54, 1.807) is 36.4 Å². The van der Waals surface area contributed by atoms with Gasteiger partial charge in [0.25, 0.3) is 27.8 Å². The Bertz CT molecular complexity index is 1530. The first-order valence-electron chi connectivity index (χ1n) is 14.5. The standard InChI is InChI=1S/C25H32N4O6.C7H8O3S/c1-26-23(30)22(24(31)27-33)28(2)25(32)20-6-4-18(5-7-20)19-8-10-21(11-9-19)35-15-3-12-29-13-16-34-17-14-29;1-6-2-4-7(5-3-6)11(8,9)10/h4-11,22,33H,3,12-17H2,1-2H3,(H,26,30)(H,27,31);2-5H,1H3,(H,8,9,10). The number of ether oxygens (including phenoxy) is 2. The Morgan fingerprint density at radius 2 is 1.50 bits per heavy atom. The van der Waals surface area contributed by atoms with Crippen LogP contribution in [0.3, 0.4) is 0 Å². The van der Waals surface area contributed by atoms with Crippen molar-refractivity contribution < 1.29 is 42.0 Å². The number of hydroxylamine groups is 1. The van der Waals surface area contributed by atoms with E-state index < -0.39 is 33.9 Å². The highest BCUT2D eigenvalue weighted by Gasteiger charge is 2.33. The molecule has 1 fully saturated rings. The molecule has 0 aliphatic carbocycles. The van der Waals surface area contributed by atoms with Gasteiger partial charge >= 0.3 is 0 Å². The molecule has 46 heavy (non-hydrogen) atoms. The van der Waals surface area contributed by atoms with Crippen molar-refractivity contribution in [1.29, 1.82) is 0 Å². The minimum absolute atomic E-state index is 0.0666. The van der Waals surface area contributed by atoms with Gasteiger partial charge in [0.15, 0.2) is 6.04 Å². The first-order valence-corrected chi connectivity index (χ1v) is 16.0. The summed E-state index contributed by atoms with van der Waals surface area (Å²) in [4.78, 5) is 40.0. The second kappa shape index (κ2) is 17.4. The molecule has 248 valence electrons. The fourth-order valence-corrected chi connectivity index (χ4v) is 5.03. The number of amides is 3. The highest BCUT2D eigenvalue weighted by molar-refractivity contribution is 7.85. The molecule has 4 rings (SSSR count). The Hall–Kier alpha value is -4.34. The normalized spacial score (nSPS) is 13.8. The van der Waals surface area contributed by atoms with Crippen molar-refractivity contribution in [1.82, 2.24) is 20.6 Å². The van der Waals surface area contributed by atoms with Gasteiger partial charge in [-0.15, -0.1) is 0 Å². The Kier molecular flexibility index (Phi) is 13.7. The summed E-state index contributed by atoms with van der Waals surface area (Å²) >= 11 is 0. The lowest BCUT2D eigenvalue weighted by Gasteiger charge is -2.26. The van der Waals surface area contributed by atoms with Gasteiger partial charge in [0.1, 0.15) is 5.75 Å². The molecule has 1 atom stereocenters. The molecule has 1 heterocycles. The molecule has 13 nitrogen and oxygen atoms in total. The summed E-state index contributed by atoms with van der Waals surface area (Å²) in [6.45, 7) is 7.03. The molecule has 0 saturated carbocycles. The molecule has 1 saturated heterocycles. The van der Waals surface area contributed by atoms with Gasteiger partial charge in [0.05, 0.1) is 24.7 Å². The lowest BCUT2D eigenvalue weighted by molar-refractivity contribution is -0.140. The van der Waals surface area contributed by atoms with E-state index in [0.29, 0.717) is 12.2 Å². The Labute approximate surface area is 268 Å². The molecule has 0 aromatic heterocycles. The van der Waals surface area contributed by atoms with E-state index in [2.05, 4.69) is 10.2 Å². The predicted molar refractivity (Wildman–Crippen MR) is 170 cm³/mol. The van der Waals surface area contributed by atoms with E-state index in [1.165, 1.54) is 31.7 Å². The lowest BCUT2D eigenvalue weighted by Crippen LogP contribution is -2.54. The molecule has 1 aliphatic heterocycles. The second-order valence-corrected chi connectivity index (χ2v) is 11.9. The number of hydrogen-bond acceptors (Lipinski definition) is 9. The van der Waals surface area contributed by atoms with Crippen molar-refractivity contribution in [2.45, 2.75) is 24.3 Å². The Balaban J connectivity index is 0.000000441. The fraction of sp³-hybridized carbons (Fsp3) is 0.344. The third-order valence-corrected chi connectivity index (χ3v) is 8.06. The molecule has 0 bridgehead atoms. The number of carbonyl (C=O) groups is 3. The van der Waals surface area contributed by atoms with Crippen molar-refractivity contribution in [2.75, 3.05) is 53.6 Å². The van der Waals surface area contributed by atoms with Gasteiger partial charge in [-0.05, 0) is 60.9 Å². The number of hydrogen-bond donors (Lipinski definition) is 4. The average molecular weight is 657 g/mol. The zero-order valence-corrected chi connectivity index (χ0v) is 26.8. The van der Waals surface area contributed by atoms with Crippen molar-refractivity contribution in [2.24, 2.45) is 0 Å². The smallest absolute Gasteiger partial charge is 0.294 e. The highest BCUT2D eigenvalue weighted by Crippen LogP contribution is 2.23. The molecular weight excluding hydrogens is 616 g/mol. The van der Waals surface area contributed by atoms with Crippen LogP contribution in [0.2, 0.25) is 0 Å². The van der Waals surface area contributed by atoms with Gasteiger partial charge in [-0.1, -0.05) is 42.0 Å². The number of morpholine rings is 1. The summed E-state index contributed by atoms with van der Waals surface area (Å²) < 4.78 is 40.8. The summed E-state index contributed by atoms with van der Waals surface area (Å²) in [5.41, 5.74) is 4.54. The van der Waals surface area contributed by atoms with E-state index in [0.717, 1.165) is 66.6 Å². The quantitative estimate of drug-likeness (QED) is 0.0789. The van der Waals surface area contributed by atoms with Gasteiger partial charge < -0.3 is 19.7 Å². The minimum atomic E-state index is -4.02. The van der Waals surface area contributed by atoms with Gasteiger partial charge in [0.2, 0.25) is 0 Å². The van der Waals surface area contributed by atoms with Crippen LogP contribution in [0.5, 0.6) is 5.75 Å². The molecule has 3 aromatic rings. The number of carbonyl (C=O) groups excluding carboxylic acids is 3. The van der Waals surface area contributed by atoms with Crippen molar-refractivity contribution in [3.63, 3.8) is 0 Å². The van der Waals surface area contributed by atoms with Gasteiger partial charge in [-0.25, -0.2) is 5.48 Å². The SMILES string of the molecule is CNC(=O)C(C(=O)NO)N(C)C(=O)c1ccc(-c2ccc(OCCCN3CCOCC3)cc2)cc1.Cc1ccc(S(=O)(=O)O)cc1. The third-order valence-electron chi connectivity index (χ3n) is 7.19. The zero-order valence-electron chi connectivity index (χ0n) is 26.0. The predicted octanol–water partition coefficient (Wildman–Crippen LogP) is 2.39. The van der Waals surface area contributed by atoms with E-state index in [-0.39, 0.29) is 4.90 Å². The number of benzene rings is 3. The number of nitrogens with zero attached hydrogens (tertiary/aromatic N) is 2. The monoisotopic (exact) mass is 656 g/mol. The summed E-state index contributed by atoms with van der Waals surface area (Å²) in [6.07, 6.45) is 0.951. The number of aryl methyl sites for hydroxylation is 1. The molecule has 3 aromatic carbocycles. The van der Waals surface area contributed by atoms with E-state index >= 15 is 0 Å². The van der Waals surface area contributed by atoms with Crippen molar-refractivity contribution in [3.8, 4) is 16.9 Å². The average Bonchev–Trinajstić information content (AvgIpc) is 3.07.